The number of carbonyl (C=O) groups excluding carboxylic acids is 1. The van der Waals surface area contributed by atoms with Crippen molar-refractivity contribution in [2.45, 2.75) is 29.9 Å². The normalized spacial score (nSPS) is 11.3. The number of aromatic nitrogens is 2. The van der Waals surface area contributed by atoms with E-state index in [2.05, 4.69) is 15.5 Å². The minimum absolute atomic E-state index is 0.0759. The summed E-state index contributed by atoms with van der Waals surface area (Å²) in [4.78, 5) is 16.2. The maximum atomic E-state index is 12.3. The smallest absolute Gasteiger partial charge is 0.227 e. The highest BCUT2D eigenvalue weighted by atomic mass is 35.5. The lowest BCUT2D eigenvalue weighted by molar-refractivity contribution is -0.121. The van der Waals surface area contributed by atoms with Crippen molar-refractivity contribution in [2.75, 3.05) is 6.54 Å². The highest BCUT2D eigenvalue weighted by Gasteiger charge is 2.19. The lowest BCUT2D eigenvalue weighted by Gasteiger charge is -2.04. The Morgan fingerprint density at radius 2 is 1.76 bits per heavy atom. The molecule has 1 amide bonds. The topological polar surface area (TPSA) is 102 Å². The van der Waals surface area contributed by atoms with Crippen LogP contribution < -0.4 is 5.32 Å². The van der Waals surface area contributed by atoms with Gasteiger partial charge in [-0.05, 0) is 36.2 Å². The van der Waals surface area contributed by atoms with Crippen LogP contribution in [0.15, 0.2) is 64.0 Å². The summed E-state index contributed by atoms with van der Waals surface area (Å²) in [5.74, 6) is -0.188. The van der Waals surface area contributed by atoms with Gasteiger partial charge in [-0.2, -0.15) is 4.98 Å². The van der Waals surface area contributed by atoms with Gasteiger partial charge in [0.05, 0.1) is 4.90 Å². The fourth-order valence-corrected chi connectivity index (χ4v) is 3.96. The first kappa shape index (κ1) is 21.0. The molecule has 0 spiro atoms. The van der Waals surface area contributed by atoms with E-state index in [4.69, 9.17) is 16.1 Å². The van der Waals surface area contributed by atoms with Crippen LogP contribution >= 0.6 is 11.6 Å². The van der Waals surface area contributed by atoms with Crippen LogP contribution in [0.3, 0.4) is 0 Å². The second kappa shape index (κ2) is 9.67. The van der Waals surface area contributed by atoms with E-state index in [1.54, 1.807) is 18.2 Å². The first-order valence-electron chi connectivity index (χ1n) is 9.03. The average molecular weight is 434 g/mol. The van der Waals surface area contributed by atoms with Crippen molar-refractivity contribution in [1.29, 1.82) is 0 Å². The molecule has 3 aromatic rings. The zero-order valence-corrected chi connectivity index (χ0v) is 17.1. The van der Waals surface area contributed by atoms with Gasteiger partial charge in [-0.25, -0.2) is 8.42 Å². The third-order valence-corrected chi connectivity index (χ3v) is 6.03. The van der Waals surface area contributed by atoms with Crippen molar-refractivity contribution in [2.24, 2.45) is 0 Å². The van der Waals surface area contributed by atoms with Crippen LogP contribution in [0.2, 0.25) is 5.02 Å². The molecule has 0 aliphatic carbocycles. The van der Waals surface area contributed by atoms with E-state index in [0.29, 0.717) is 18.0 Å². The summed E-state index contributed by atoms with van der Waals surface area (Å²) in [5.41, 5.74) is 1.08. The van der Waals surface area contributed by atoms with Crippen molar-refractivity contribution in [1.82, 2.24) is 15.5 Å². The van der Waals surface area contributed by atoms with Crippen molar-refractivity contribution in [3.05, 3.63) is 76.9 Å². The third kappa shape index (κ3) is 6.40. The number of nitrogens with zero attached hydrogens (tertiary/aromatic N) is 2. The summed E-state index contributed by atoms with van der Waals surface area (Å²) < 4.78 is 29.7. The number of benzene rings is 2. The maximum Gasteiger partial charge on any atom is 0.227 e. The molecular formula is C20H20ClN3O4S. The van der Waals surface area contributed by atoms with Crippen molar-refractivity contribution in [3.63, 3.8) is 0 Å². The highest BCUT2D eigenvalue weighted by molar-refractivity contribution is 7.90. The predicted molar refractivity (Wildman–Crippen MR) is 108 cm³/mol. The molecule has 1 aromatic heterocycles. The molecule has 0 unspecified atom stereocenters. The Bertz CT molecular complexity index is 1050. The molecule has 1 heterocycles. The van der Waals surface area contributed by atoms with Crippen LogP contribution in [-0.4, -0.2) is 31.0 Å². The number of hydrogen-bond acceptors (Lipinski definition) is 6. The van der Waals surface area contributed by atoms with E-state index in [-0.39, 0.29) is 41.1 Å². The molecule has 0 aliphatic rings. The van der Waals surface area contributed by atoms with Gasteiger partial charge in [0.2, 0.25) is 11.8 Å². The Morgan fingerprint density at radius 3 is 2.48 bits per heavy atom. The monoisotopic (exact) mass is 433 g/mol. The van der Waals surface area contributed by atoms with Gasteiger partial charge in [0.25, 0.3) is 0 Å². The van der Waals surface area contributed by atoms with E-state index < -0.39 is 9.84 Å². The fourth-order valence-electron chi connectivity index (χ4n) is 2.64. The molecular weight excluding hydrogens is 414 g/mol. The quantitative estimate of drug-likeness (QED) is 0.556. The minimum Gasteiger partial charge on any atom is -0.356 e. The standard InChI is InChI=1S/C20H20ClN3O4S/c21-16-8-6-15(7-9-16)12-13-22-19(25)10-11-20-23-18(24-28-20)14-29(26,27)17-4-2-1-3-5-17/h1-9H,10-14H2,(H,22,25). The molecule has 0 fully saturated rings. The Kier molecular flexibility index (Phi) is 7.00. The van der Waals surface area contributed by atoms with Gasteiger partial charge in [-0.3, -0.25) is 4.79 Å². The fraction of sp³-hybridized carbons (Fsp3) is 0.250. The van der Waals surface area contributed by atoms with Crippen LogP contribution in [0, 0.1) is 0 Å². The summed E-state index contributed by atoms with van der Waals surface area (Å²) in [7, 11) is -3.54. The highest BCUT2D eigenvalue weighted by Crippen LogP contribution is 2.15. The minimum atomic E-state index is -3.54. The molecule has 0 atom stereocenters. The average Bonchev–Trinajstić information content (AvgIpc) is 3.15. The lowest BCUT2D eigenvalue weighted by atomic mass is 10.1. The zero-order chi connectivity index (χ0) is 20.7. The first-order chi connectivity index (χ1) is 13.9. The predicted octanol–water partition coefficient (Wildman–Crippen LogP) is 2.99. The molecule has 0 radical (unpaired) electrons. The molecule has 0 saturated carbocycles. The number of halogens is 1. The van der Waals surface area contributed by atoms with Crippen molar-refractivity contribution < 1.29 is 17.7 Å². The number of rotatable bonds is 9. The van der Waals surface area contributed by atoms with Gasteiger partial charge in [-0.15, -0.1) is 0 Å². The second-order valence-corrected chi connectivity index (χ2v) is 8.83. The summed E-state index contributed by atoms with van der Waals surface area (Å²) in [6.45, 7) is 0.505. The van der Waals surface area contributed by atoms with Gasteiger partial charge >= 0.3 is 0 Å². The molecule has 152 valence electrons. The zero-order valence-electron chi connectivity index (χ0n) is 15.5. The largest absolute Gasteiger partial charge is 0.356 e. The molecule has 7 nitrogen and oxygen atoms in total. The Balaban J connectivity index is 1.44. The number of carbonyl (C=O) groups is 1. The number of nitrogens with one attached hydrogen (secondary N) is 1. The molecule has 2 aromatic carbocycles. The molecule has 29 heavy (non-hydrogen) atoms. The van der Waals surface area contributed by atoms with Gasteiger partial charge in [0.1, 0.15) is 5.75 Å². The van der Waals surface area contributed by atoms with Crippen LogP contribution in [-0.2, 0) is 33.2 Å². The third-order valence-electron chi connectivity index (χ3n) is 4.15. The molecule has 0 saturated heterocycles. The molecule has 0 bridgehead atoms. The SMILES string of the molecule is O=C(CCc1nc(CS(=O)(=O)c2ccccc2)no1)NCCc1ccc(Cl)cc1. The van der Waals surface area contributed by atoms with Crippen LogP contribution in [0.25, 0.3) is 0 Å². The van der Waals surface area contributed by atoms with Gasteiger partial charge < -0.3 is 9.84 Å². The van der Waals surface area contributed by atoms with E-state index in [0.717, 1.165) is 5.56 Å². The summed E-state index contributed by atoms with van der Waals surface area (Å²) in [6.07, 6.45) is 1.11. The van der Waals surface area contributed by atoms with Crippen LogP contribution in [0.1, 0.15) is 23.7 Å². The Hall–Kier alpha value is -2.71. The van der Waals surface area contributed by atoms with Crippen LogP contribution in [0.5, 0.6) is 0 Å². The Morgan fingerprint density at radius 1 is 1.03 bits per heavy atom. The molecule has 3 rings (SSSR count). The second-order valence-electron chi connectivity index (χ2n) is 6.40. The Labute approximate surface area is 174 Å². The molecule has 1 N–H and O–H groups in total. The van der Waals surface area contributed by atoms with E-state index in [9.17, 15) is 13.2 Å². The van der Waals surface area contributed by atoms with E-state index >= 15 is 0 Å². The van der Waals surface area contributed by atoms with Crippen LogP contribution in [0.4, 0.5) is 0 Å². The van der Waals surface area contributed by atoms with Crippen molar-refractivity contribution in [3.8, 4) is 0 Å². The van der Waals surface area contributed by atoms with E-state index in [1.807, 2.05) is 24.3 Å². The lowest BCUT2D eigenvalue weighted by Crippen LogP contribution is -2.25. The molecule has 0 aliphatic heterocycles. The van der Waals surface area contributed by atoms with Gasteiger partial charge in [0, 0.05) is 24.4 Å². The summed E-state index contributed by atoms with van der Waals surface area (Å²) in [6, 6.07) is 15.5. The first-order valence-corrected chi connectivity index (χ1v) is 11.1. The number of aryl methyl sites for hydroxylation is 1. The van der Waals surface area contributed by atoms with Crippen molar-refractivity contribution >= 4 is 27.3 Å². The van der Waals surface area contributed by atoms with Gasteiger partial charge in [-0.1, -0.05) is 47.1 Å². The summed E-state index contributed by atoms with van der Waals surface area (Å²) >= 11 is 5.84. The maximum absolute atomic E-state index is 12.3. The summed E-state index contributed by atoms with van der Waals surface area (Å²) in [5, 5.41) is 7.21. The van der Waals surface area contributed by atoms with Gasteiger partial charge in [0.15, 0.2) is 15.7 Å². The number of sulfone groups is 1. The molecule has 9 heteroatoms. The number of amides is 1. The number of hydrogen-bond donors (Lipinski definition) is 1. The van der Waals surface area contributed by atoms with E-state index in [1.165, 1.54) is 12.1 Å².